The molecule has 122 valence electrons. The first-order valence-electron chi connectivity index (χ1n) is 8.70. The normalized spacial score (nSPS) is 12.7. The summed E-state index contributed by atoms with van der Waals surface area (Å²) in [5.41, 5.74) is 2.94. The smallest absolute Gasteiger partial charge is 0.109 e. The van der Waals surface area contributed by atoms with E-state index in [2.05, 4.69) is 21.9 Å². The molecule has 0 amide bonds. The molecule has 0 bridgehead atoms. The Kier molecular flexibility index (Phi) is 10.2. The third kappa shape index (κ3) is 8.22. The average Bonchev–Trinajstić information content (AvgIpc) is 2.89. The molecule has 3 N–H and O–H groups in total. The van der Waals surface area contributed by atoms with Crippen LogP contribution >= 0.6 is 0 Å². The standard InChI is InChI=1S/C17H34N4/c1-3-4-5-6-7-8-9-10-11-12-16(20-18)15-17-19-13-14-21(17)2/h13-14,16,20H,3-12,15,18H2,1-2H3. The van der Waals surface area contributed by atoms with E-state index in [1.807, 2.05) is 19.4 Å². The second-order valence-electron chi connectivity index (χ2n) is 6.14. The van der Waals surface area contributed by atoms with Gasteiger partial charge in [0.25, 0.3) is 0 Å². The molecule has 1 atom stereocenters. The number of hydrazine groups is 1. The zero-order chi connectivity index (χ0) is 15.3. The number of aryl methyl sites for hydroxylation is 1. The highest BCUT2D eigenvalue weighted by molar-refractivity contribution is 4.94. The fourth-order valence-electron chi connectivity index (χ4n) is 2.76. The Hall–Kier alpha value is -0.870. The van der Waals surface area contributed by atoms with Crippen molar-refractivity contribution in [2.24, 2.45) is 12.9 Å². The molecule has 0 fully saturated rings. The zero-order valence-electron chi connectivity index (χ0n) is 14.0. The highest BCUT2D eigenvalue weighted by atomic mass is 15.2. The van der Waals surface area contributed by atoms with Crippen molar-refractivity contribution in [1.29, 1.82) is 0 Å². The minimum Gasteiger partial charge on any atom is -0.338 e. The summed E-state index contributed by atoms with van der Waals surface area (Å²) in [6.45, 7) is 2.27. The summed E-state index contributed by atoms with van der Waals surface area (Å²) in [6, 6.07) is 0.343. The van der Waals surface area contributed by atoms with E-state index in [0.29, 0.717) is 6.04 Å². The zero-order valence-corrected chi connectivity index (χ0v) is 14.0. The van der Waals surface area contributed by atoms with Gasteiger partial charge in [0.15, 0.2) is 0 Å². The van der Waals surface area contributed by atoms with Gasteiger partial charge in [-0.25, -0.2) is 4.98 Å². The number of rotatable bonds is 13. The quantitative estimate of drug-likeness (QED) is 0.331. The number of aromatic nitrogens is 2. The summed E-state index contributed by atoms with van der Waals surface area (Å²) in [5, 5.41) is 0. The van der Waals surface area contributed by atoms with E-state index in [-0.39, 0.29) is 0 Å². The Bertz CT molecular complexity index is 348. The molecule has 1 aromatic rings. The molecule has 0 radical (unpaired) electrons. The molecule has 4 nitrogen and oxygen atoms in total. The van der Waals surface area contributed by atoms with Crippen molar-refractivity contribution in [3.8, 4) is 0 Å². The minimum absolute atomic E-state index is 0.343. The van der Waals surface area contributed by atoms with E-state index in [4.69, 9.17) is 5.84 Å². The van der Waals surface area contributed by atoms with Crippen LogP contribution in [-0.4, -0.2) is 15.6 Å². The topological polar surface area (TPSA) is 55.9 Å². The number of hydrogen-bond donors (Lipinski definition) is 2. The highest BCUT2D eigenvalue weighted by Crippen LogP contribution is 2.12. The number of nitrogens with two attached hydrogens (primary N) is 1. The first kappa shape index (κ1) is 18.2. The van der Waals surface area contributed by atoms with Crippen molar-refractivity contribution in [3.05, 3.63) is 18.2 Å². The molecular formula is C17H34N4. The first-order chi connectivity index (χ1) is 10.3. The summed E-state index contributed by atoms with van der Waals surface area (Å²) in [7, 11) is 2.04. The monoisotopic (exact) mass is 294 g/mol. The molecular weight excluding hydrogens is 260 g/mol. The van der Waals surface area contributed by atoms with Crippen LogP contribution in [0.1, 0.15) is 77.0 Å². The third-order valence-corrected chi connectivity index (χ3v) is 4.24. The highest BCUT2D eigenvalue weighted by Gasteiger charge is 2.10. The maximum absolute atomic E-state index is 5.66. The number of hydrogen-bond acceptors (Lipinski definition) is 3. The summed E-state index contributed by atoms with van der Waals surface area (Å²) in [6.07, 6.45) is 18.2. The van der Waals surface area contributed by atoms with Gasteiger partial charge in [-0.15, -0.1) is 0 Å². The van der Waals surface area contributed by atoms with E-state index in [0.717, 1.165) is 18.7 Å². The summed E-state index contributed by atoms with van der Waals surface area (Å²) < 4.78 is 2.07. The molecule has 0 aliphatic carbocycles. The van der Waals surface area contributed by atoms with Gasteiger partial charge in [0.2, 0.25) is 0 Å². The Balaban J connectivity index is 2.01. The van der Waals surface area contributed by atoms with Gasteiger partial charge in [-0.2, -0.15) is 0 Å². The van der Waals surface area contributed by atoms with Crippen LogP contribution in [-0.2, 0) is 13.5 Å². The van der Waals surface area contributed by atoms with E-state index in [1.54, 1.807) is 0 Å². The van der Waals surface area contributed by atoms with Crippen LogP contribution in [0.4, 0.5) is 0 Å². The summed E-state index contributed by atoms with van der Waals surface area (Å²) in [5.74, 6) is 6.77. The lowest BCUT2D eigenvalue weighted by Crippen LogP contribution is -2.37. The molecule has 21 heavy (non-hydrogen) atoms. The average molecular weight is 294 g/mol. The van der Waals surface area contributed by atoms with Crippen LogP contribution in [0.15, 0.2) is 12.4 Å². The molecule has 0 saturated carbocycles. The molecule has 1 heterocycles. The number of imidazole rings is 1. The fraction of sp³-hybridized carbons (Fsp3) is 0.824. The van der Waals surface area contributed by atoms with Crippen molar-refractivity contribution < 1.29 is 0 Å². The predicted molar refractivity (Wildman–Crippen MR) is 89.9 cm³/mol. The Labute approximate surface area is 130 Å². The maximum atomic E-state index is 5.66. The molecule has 1 unspecified atom stereocenters. The van der Waals surface area contributed by atoms with Gasteiger partial charge < -0.3 is 4.57 Å². The molecule has 0 aliphatic heterocycles. The SMILES string of the molecule is CCCCCCCCCCCC(Cc1nccn1C)NN. The Morgan fingerprint density at radius 2 is 1.71 bits per heavy atom. The number of nitrogens with zero attached hydrogens (tertiary/aromatic N) is 2. The molecule has 0 saturated heterocycles. The lowest BCUT2D eigenvalue weighted by molar-refractivity contribution is 0.447. The van der Waals surface area contributed by atoms with Crippen LogP contribution in [0.5, 0.6) is 0 Å². The summed E-state index contributed by atoms with van der Waals surface area (Å²) >= 11 is 0. The van der Waals surface area contributed by atoms with Crippen LogP contribution in [0.3, 0.4) is 0 Å². The Morgan fingerprint density at radius 1 is 1.10 bits per heavy atom. The lowest BCUT2D eigenvalue weighted by atomic mass is 10.0. The fourth-order valence-corrected chi connectivity index (χ4v) is 2.76. The van der Waals surface area contributed by atoms with Gasteiger partial charge in [-0.05, 0) is 6.42 Å². The summed E-state index contributed by atoms with van der Waals surface area (Å²) in [4.78, 5) is 4.36. The molecule has 4 heteroatoms. The van der Waals surface area contributed by atoms with E-state index in [9.17, 15) is 0 Å². The van der Waals surface area contributed by atoms with Crippen LogP contribution < -0.4 is 11.3 Å². The van der Waals surface area contributed by atoms with Gasteiger partial charge in [0.05, 0.1) is 0 Å². The van der Waals surface area contributed by atoms with Crippen LogP contribution in [0, 0.1) is 0 Å². The predicted octanol–water partition coefficient (Wildman–Crippen LogP) is 3.72. The molecule has 0 aromatic carbocycles. The molecule has 0 spiro atoms. The van der Waals surface area contributed by atoms with Crippen molar-refractivity contribution in [2.75, 3.05) is 0 Å². The molecule has 1 rings (SSSR count). The second-order valence-corrected chi connectivity index (χ2v) is 6.14. The van der Waals surface area contributed by atoms with Crippen LogP contribution in [0.2, 0.25) is 0 Å². The molecule has 0 aliphatic rings. The van der Waals surface area contributed by atoms with Gasteiger partial charge in [0.1, 0.15) is 5.82 Å². The first-order valence-corrected chi connectivity index (χ1v) is 8.70. The van der Waals surface area contributed by atoms with Crippen molar-refractivity contribution in [3.63, 3.8) is 0 Å². The minimum atomic E-state index is 0.343. The van der Waals surface area contributed by atoms with Gasteiger partial charge >= 0.3 is 0 Å². The van der Waals surface area contributed by atoms with Crippen LogP contribution in [0.25, 0.3) is 0 Å². The lowest BCUT2D eigenvalue weighted by Gasteiger charge is -2.15. The molecule has 1 aromatic heterocycles. The van der Waals surface area contributed by atoms with Gasteiger partial charge in [-0.3, -0.25) is 11.3 Å². The van der Waals surface area contributed by atoms with E-state index in [1.165, 1.54) is 57.8 Å². The largest absolute Gasteiger partial charge is 0.338 e. The third-order valence-electron chi connectivity index (χ3n) is 4.24. The van der Waals surface area contributed by atoms with Crippen molar-refractivity contribution in [1.82, 2.24) is 15.0 Å². The number of unbranched alkanes of at least 4 members (excludes halogenated alkanes) is 8. The number of nitrogens with one attached hydrogen (secondary N) is 1. The van der Waals surface area contributed by atoms with E-state index < -0.39 is 0 Å². The van der Waals surface area contributed by atoms with Gasteiger partial charge in [-0.1, -0.05) is 64.7 Å². The van der Waals surface area contributed by atoms with Gasteiger partial charge in [0, 0.05) is 31.9 Å². The maximum Gasteiger partial charge on any atom is 0.109 e. The Morgan fingerprint density at radius 3 is 2.24 bits per heavy atom. The van der Waals surface area contributed by atoms with Crippen molar-refractivity contribution >= 4 is 0 Å². The van der Waals surface area contributed by atoms with E-state index >= 15 is 0 Å². The van der Waals surface area contributed by atoms with Crippen molar-refractivity contribution in [2.45, 2.75) is 83.6 Å². The second kappa shape index (κ2) is 11.8.